The van der Waals surface area contributed by atoms with E-state index in [1.807, 2.05) is 6.07 Å². The number of benzene rings is 1. The normalized spacial score (nSPS) is 21.4. The second-order valence-electron chi connectivity index (χ2n) is 6.94. The maximum Gasteiger partial charge on any atom is 0.312 e. The number of likely N-dealkylation sites (tertiary alicyclic amines) is 1. The number of nitrogens with zero attached hydrogens (tertiary/aromatic N) is 1. The summed E-state index contributed by atoms with van der Waals surface area (Å²) < 4.78 is 0. The van der Waals surface area contributed by atoms with E-state index in [4.69, 9.17) is 0 Å². The van der Waals surface area contributed by atoms with Crippen LogP contribution in [0.15, 0.2) is 30.3 Å². The van der Waals surface area contributed by atoms with Gasteiger partial charge in [0.25, 0.3) is 0 Å². The van der Waals surface area contributed by atoms with Crippen LogP contribution in [0.4, 0.5) is 0 Å². The van der Waals surface area contributed by atoms with Crippen LogP contribution in [0.3, 0.4) is 0 Å². The van der Waals surface area contributed by atoms with Crippen molar-refractivity contribution in [3.63, 3.8) is 0 Å². The number of amides is 2. The summed E-state index contributed by atoms with van der Waals surface area (Å²) in [5, 5.41) is 12.2. The fourth-order valence-corrected chi connectivity index (χ4v) is 3.36. The van der Waals surface area contributed by atoms with Crippen LogP contribution in [0, 0.1) is 11.8 Å². The van der Waals surface area contributed by atoms with Gasteiger partial charge in [-0.25, -0.2) is 0 Å². The molecule has 1 aromatic carbocycles. The Kier molecular flexibility index (Phi) is 5.36. The lowest BCUT2D eigenvalue weighted by Gasteiger charge is -2.32. The molecule has 1 heterocycles. The number of hydrogen-bond acceptors (Lipinski definition) is 3. The quantitative estimate of drug-likeness (QED) is 0.821. The van der Waals surface area contributed by atoms with E-state index in [1.165, 1.54) is 0 Å². The Bertz CT molecular complexity index is 642. The number of carboxylic acid groups (broad SMARTS) is 1. The van der Waals surface area contributed by atoms with Gasteiger partial charge in [0.05, 0.1) is 11.8 Å². The number of carbonyl (C=O) groups is 3. The molecule has 25 heavy (non-hydrogen) atoms. The van der Waals surface area contributed by atoms with Crippen LogP contribution in [0.1, 0.15) is 37.2 Å². The number of hydrogen-bond donors (Lipinski definition) is 2. The molecule has 6 nitrogen and oxygen atoms in total. The minimum Gasteiger partial charge on any atom is -0.481 e. The molecule has 2 amide bonds. The summed E-state index contributed by atoms with van der Waals surface area (Å²) in [5.41, 5.74) is 0.671. The number of rotatable bonds is 6. The smallest absolute Gasteiger partial charge is 0.312 e. The summed E-state index contributed by atoms with van der Waals surface area (Å²) in [6.45, 7) is 1.23. The Labute approximate surface area is 147 Å². The van der Waals surface area contributed by atoms with Crippen LogP contribution in [0.2, 0.25) is 0 Å². The molecule has 0 bridgehead atoms. The van der Waals surface area contributed by atoms with Crippen molar-refractivity contribution in [2.45, 2.75) is 31.6 Å². The second-order valence-corrected chi connectivity index (χ2v) is 6.94. The lowest BCUT2D eigenvalue weighted by molar-refractivity contribution is -0.138. The number of aliphatic carboxylic acids is 1. The molecule has 1 saturated carbocycles. The molecule has 1 saturated heterocycles. The highest BCUT2D eigenvalue weighted by Crippen LogP contribution is 2.32. The molecule has 3 rings (SSSR count). The Morgan fingerprint density at radius 1 is 1.12 bits per heavy atom. The van der Waals surface area contributed by atoms with Gasteiger partial charge in [0.2, 0.25) is 11.8 Å². The van der Waals surface area contributed by atoms with E-state index in [0.717, 1.165) is 32.2 Å². The first-order valence-corrected chi connectivity index (χ1v) is 8.90. The first-order chi connectivity index (χ1) is 12.1. The largest absolute Gasteiger partial charge is 0.481 e. The van der Waals surface area contributed by atoms with Gasteiger partial charge >= 0.3 is 5.97 Å². The zero-order valence-corrected chi connectivity index (χ0v) is 14.2. The summed E-state index contributed by atoms with van der Waals surface area (Å²) in [5.74, 6) is -1.79. The van der Waals surface area contributed by atoms with E-state index in [9.17, 15) is 19.5 Å². The highest BCUT2D eigenvalue weighted by Gasteiger charge is 2.36. The van der Waals surface area contributed by atoms with Crippen LogP contribution in [0.25, 0.3) is 0 Å². The van der Waals surface area contributed by atoms with Crippen molar-refractivity contribution in [1.82, 2.24) is 10.2 Å². The molecule has 1 aliphatic carbocycles. The van der Waals surface area contributed by atoms with E-state index in [0.29, 0.717) is 12.1 Å². The SMILES string of the molecule is O=C(NCC(C(=O)O)c1ccccc1)C1CCCN(C(=O)C2CC2)C1. The molecule has 2 fully saturated rings. The molecule has 0 spiro atoms. The monoisotopic (exact) mass is 344 g/mol. The third-order valence-electron chi connectivity index (χ3n) is 5.01. The summed E-state index contributed by atoms with van der Waals surface area (Å²) in [7, 11) is 0. The lowest BCUT2D eigenvalue weighted by Crippen LogP contribution is -2.46. The van der Waals surface area contributed by atoms with Crippen molar-refractivity contribution in [2.75, 3.05) is 19.6 Å². The predicted octanol–water partition coefficient (Wildman–Crippen LogP) is 1.62. The van der Waals surface area contributed by atoms with Crippen LogP contribution in [-0.4, -0.2) is 47.4 Å². The van der Waals surface area contributed by atoms with Crippen molar-refractivity contribution in [3.8, 4) is 0 Å². The summed E-state index contributed by atoms with van der Waals surface area (Å²) in [6.07, 6.45) is 3.48. The maximum absolute atomic E-state index is 12.5. The topological polar surface area (TPSA) is 86.7 Å². The van der Waals surface area contributed by atoms with E-state index >= 15 is 0 Å². The molecular weight excluding hydrogens is 320 g/mol. The Morgan fingerprint density at radius 3 is 2.48 bits per heavy atom. The van der Waals surface area contributed by atoms with Crippen LogP contribution < -0.4 is 5.32 Å². The van der Waals surface area contributed by atoms with Gasteiger partial charge in [-0.05, 0) is 31.2 Å². The molecule has 1 aromatic rings. The van der Waals surface area contributed by atoms with Crippen molar-refractivity contribution in [2.24, 2.45) is 11.8 Å². The number of nitrogens with one attached hydrogen (secondary N) is 1. The minimum absolute atomic E-state index is 0.0608. The van der Waals surface area contributed by atoms with Gasteiger partial charge in [0.1, 0.15) is 0 Å². The fraction of sp³-hybridized carbons (Fsp3) is 0.526. The predicted molar refractivity (Wildman–Crippen MR) is 91.9 cm³/mol. The molecule has 2 N–H and O–H groups in total. The third kappa shape index (κ3) is 4.38. The zero-order chi connectivity index (χ0) is 17.8. The van der Waals surface area contributed by atoms with Gasteiger partial charge in [-0.2, -0.15) is 0 Å². The van der Waals surface area contributed by atoms with Gasteiger partial charge < -0.3 is 15.3 Å². The summed E-state index contributed by atoms with van der Waals surface area (Å²) in [6, 6.07) is 8.91. The van der Waals surface area contributed by atoms with E-state index in [2.05, 4.69) is 5.32 Å². The van der Waals surface area contributed by atoms with Crippen molar-refractivity contribution >= 4 is 17.8 Å². The van der Waals surface area contributed by atoms with Crippen LogP contribution in [-0.2, 0) is 14.4 Å². The minimum atomic E-state index is -0.958. The van der Waals surface area contributed by atoms with Crippen LogP contribution >= 0.6 is 0 Å². The molecule has 2 aliphatic rings. The lowest BCUT2D eigenvalue weighted by atomic mass is 9.95. The van der Waals surface area contributed by atoms with E-state index in [1.54, 1.807) is 29.2 Å². The van der Waals surface area contributed by atoms with Crippen molar-refractivity contribution in [1.29, 1.82) is 0 Å². The molecule has 2 atom stereocenters. The van der Waals surface area contributed by atoms with Gasteiger partial charge in [0, 0.05) is 25.6 Å². The van der Waals surface area contributed by atoms with Gasteiger partial charge in [-0.3, -0.25) is 14.4 Å². The average molecular weight is 344 g/mol. The molecule has 134 valence electrons. The highest BCUT2D eigenvalue weighted by atomic mass is 16.4. The van der Waals surface area contributed by atoms with E-state index in [-0.39, 0.29) is 30.2 Å². The highest BCUT2D eigenvalue weighted by molar-refractivity contribution is 5.84. The van der Waals surface area contributed by atoms with Gasteiger partial charge in [-0.1, -0.05) is 30.3 Å². The Hall–Kier alpha value is -2.37. The standard InChI is InChI=1S/C19H24N2O4/c22-17(15-7-4-10-21(12-15)18(23)14-8-9-14)20-11-16(19(24)25)13-5-2-1-3-6-13/h1-3,5-6,14-16H,4,7-12H2,(H,20,22)(H,24,25). The number of carboxylic acids is 1. The Balaban J connectivity index is 1.55. The van der Waals surface area contributed by atoms with Crippen LogP contribution in [0.5, 0.6) is 0 Å². The molecule has 6 heteroatoms. The molecule has 1 aliphatic heterocycles. The van der Waals surface area contributed by atoms with Crippen molar-refractivity contribution in [3.05, 3.63) is 35.9 Å². The summed E-state index contributed by atoms with van der Waals surface area (Å²) >= 11 is 0. The third-order valence-corrected chi connectivity index (χ3v) is 5.01. The molecule has 0 aromatic heterocycles. The van der Waals surface area contributed by atoms with E-state index < -0.39 is 11.9 Å². The van der Waals surface area contributed by atoms with Crippen molar-refractivity contribution < 1.29 is 19.5 Å². The van der Waals surface area contributed by atoms with Gasteiger partial charge in [0.15, 0.2) is 0 Å². The molecule has 0 radical (unpaired) electrons. The zero-order valence-electron chi connectivity index (χ0n) is 14.2. The maximum atomic E-state index is 12.5. The summed E-state index contributed by atoms with van der Waals surface area (Å²) in [4.78, 5) is 38.0. The van der Waals surface area contributed by atoms with Gasteiger partial charge in [-0.15, -0.1) is 0 Å². The second kappa shape index (κ2) is 7.68. The fourth-order valence-electron chi connectivity index (χ4n) is 3.36. The number of carbonyl (C=O) groups excluding carboxylic acids is 2. The average Bonchev–Trinajstić information content (AvgIpc) is 3.47. The first kappa shape index (κ1) is 17.5. The first-order valence-electron chi connectivity index (χ1n) is 8.90. The number of piperidine rings is 1. The molecule has 2 unspecified atom stereocenters. The molecular formula is C19H24N2O4. The Morgan fingerprint density at radius 2 is 1.84 bits per heavy atom.